The van der Waals surface area contributed by atoms with E-state index in [9.17, 15) is 9.59 Å². The first-order chi connectivity index (χ1) is 15.2. The number of piperidine rings is 1. The first-order valence-corrected chi connectivity index (χ1v) is 11.7. The summed E-state index contributed by atoms with van der Waals surface area (Å²) in [6.45, 7) is 6.77. The summed E-state index contributed by atoms with van der Waals surface area (Å²) >= 11 is 0. The molecule has 2 N–H and O–H groups in total. The SMILES string of the molecule is CCC(C)(C)C(=O)N1[C@H]2CC[C@H]1CC(NC(=O)C1Cc3ccccc3CN1C)C2.O=CO. The summed E-state index contributed by atoms with van der Waals surface area (Å²) in [5.41, 5.74) is 2.31. The van der Waals surface area contributed by atoms with Gasteiger partial charge in [0.1, 0.15) is 0 Å². The Bertz CT molecular complexity index is 826. The molecule has 4 rings (SSSR count). The molecule has 2 saturated heterocycles. The van der Waals surface area contributed by atoms with Gasteiger partial charge in [-0.1, -0.05) is 45.0 Å². The van der Waals surface area contributed by atoms with Crippen LogP contribution in [0.15, 0.2) is 24.3 Å². The number of amides is 2. The number of benzene rings is 1. The molecule has 1 aromatic carbocycles. The summed E-state index contributed by atoms with van der Waals surface area (Å²) in [6.07, 6.45) is 5.55. The van der Waals surface area contributed by atoms with E-state index in [-0.39, 0.29) is 42.0 Å². The molecule has 32 heavy (non-hydrogen) atoms. The topological polar surface area (TPSA) is 90.0 Å². The highest BCUT2D eigenvalue weighted by Crippen LogP contribution is 2.39. The zero-order valence-corrected chi connectivity index (χ0v) is 19.7. The summed E-state index contributed by atoms with van der Waals surface area (Å²) in [4.78, 5) is 38.9. The number of nitrogens with one attached hydrogen (secondary N) is 1. The zero-order chi connectivity index (χ0) is 23.5. The van der Waals surface area contributed by atoms with Crippen molar-refractivity contribution in [2.24, 2.45) is 5.41 Å². The standard InChI is InChI=1S/C24H35N3O2.CH2O2/c1-5-24(2,3)23(29)27-19-10-11-20(27)14-18(13-19)25-22(28)21-12-16-8-6-7-9-17(16)15-26(21)4;2-1-3/h6-9,18-21H,5,10-15H2,1-4H3,(H,25,28);1H,(H,2,3)/t19-,20-,21?;/m0./s1. The zero-order valence-electron chi connectivity index (χ0n) is 19.7. The highest BCUT2D eigenvalue weighted by Gasteiger charge is 2.47. The van der Waals surface area contributed by atoms with E-state index in [4.69, 9.17) is 9.90 Å². The molecular weight excluding hydrogens is 406 g/mol. The van der Waals surface area contributed by atoms with E-state index in [2.05, 4.69) is 60.2 Å². The predicted octanol–water partition coefficient (Wildman–Crippen LogP) is 2.82. The van der Waals surface area contributed by atoms with Crippen LogP contribution in [-0.2, 0) is 27.3 Å². The number of hydrogen-bond acceptors (Lipinski definition) is 4. The van der Waals surface area contributed by atoms with Crippen LogP contribution in [-0.4, -0.2) is 64.4 Å². The molecule has 2 fully saturated rings. The number of carbonyl (C=O) groups is 3. The maximum absolute atomic E-state index is 13.1. The van der Waals surface area contributed by atoms with Crippen LogP contribution in [0.2, 0.25) is 0 Å². The molecule has 0 saturated carbocycles. The molecule has 2 amide bonds. The van der Waals surface area contributed by atoms with Crippen molar-refractivity contribution >= 4 is 18.3 Å². The van der Waals surface area contributed by atoms with Crippen LogP contribution in [0.3, 0.4) is 0 Å². The minimum atomic E-state index is -0.297. The lowest BCUT2D eigenvalue weighted by Crippen LogP contribution is -2.57. The highest BCUT2D eigenvalue weighted by atomic mass is 16.3. The molecule has 0 aromatic heterocycles. The van der Waals surface area contributed by atoms with Crippen molar-refractivity contribution in [2.45, 2.75) is 90.0 Å². The van der Waals surface area contributed by atoms with Crippen molar-refractivity contribution in [1.29, 1.82) is 0 Å². The third kappa shape index (κ3) is 4.98. The van der Waals surface area contributed by atoms with Gasteiger partial charge in [-0.3, -0.25) is 19.3 Å². The van der Waals surface area contributed by atoms with Gasteiger partial charge in [-0.05, 0) is 56.7 Å². The van der Waals surface area contributed by atoms with Gasteiger partial charge in [0.25, 0.3) is 6.47 Å². The molecule has 0 radical (unpaired) electrons. The molecule has 1 unspecified atom stereocenters. The monoisotopic (exact) mass is 443 g/mol. The van der Waals surface area contributed by atoms with Gasteiger partial charge in [0.05, 0.1) is 6.04 Å². The van der Waals surface area contributed by atoms with Gasteiger partial charge in [0, 0.05) is 30.1 Å². The fraction of sp³-hybridized carbons (Fsp3) is 0.640. The normalized spacial score (nSPS) is 27.1. The van der Waals surface area contributed by atoms with E-state index in [1.807, 2.05) is 7.05 Å². The number of hydrogen-bond donors (Lipinski definition) is 2. The van der Waals surface area contributed by atoms with Crippen LogP contribution in [0.5, 0.6) is 0 Å². The van der Waals surface area contributed by atoms with Crippen LogP contribution < -0.4 is 5.32 Å². The van der Waals surface area contributed by atoms with E-state index < -0.39 is 0 Å². The minimum absolute atomic E-state index is 0.110. The highest BCUT2D eigenvalue weighted by molar-refractivity contribution is 5.84. The molecule has 0 aliphatic carbocycles. The summed E-state index contributed by atoms with van der Waals surface area (Å²) in [7, 11) is 2.04. The van der Waals surface area contributed by atoms with E-state index in [1.54, 1.807) is 0 Å². The molecule has 3 heterocycles. The third-order valence-electron chi connectivity index (χ3n) is 7.56. The van der Waals surface area contributed by atoms with Gasteiger partial charge in [-0.25, -0.2) is 0 Å². The second-order valence-electron chi connectivity index (χ2n) is 10.0. The maximum Gasteiger partial charge on any atom is 0.290 e. The maximum atomic E-state index is 13.1. The summed E-state index contributed by atoms with van der Waals surface area (Å²) in [5, 5.41) is 10.2. The van der Waals surface area contributed by atoms with Gasteiger partial charge in [-0.2, -0.15) is 0 Å². The van der Waals surface area contributed by atoms with E-state index >= 15 is 0 Å². The molecule has 0 spiro atoms. The van der Waals surface area contributed by atoms with Crippen LogP contribution in [0.1, 0.15) is 64.0 Å². The molecule has 3 atom stereocenters. The van der Waals surface area contributed by atoms with E-state index in [1.165, 1.54) is 11.1 Å². The van der Waals surface area contributed by atoms with Crippen LogP contribution >= 0.6 is 0 Å². The molecular formula is C25H37N3O4. The smallest absolute Gasteiger partial charge is 0.290 e. The van der Waals surface area contributed by atoms with Crippen LogP contribution in [0.4, 0.5) is 0 Å². The Morgan fingerprint density at radius 2 is 1.72 bits per heavy atom. The first-order valence-electron chi connectivity index (χ1n) is 11.7. The Morgan fingerprint density at radius 1 is 1.16 bits per heavy atom. The fourth-order valence-corrected chi connectivity index (χ4v) is 5.37. The van der Waals surface area contributed by atoms with Crippen molar-refractivity contribution in [1.82, 2.24) is 15.1 Å². The van der Waals surface area contributed by atoms with Gasteiger partial charge < -0.3 is 15.3 Å². The molecule has 176 valence electrons. The van der Waals surface area contributed by atoms with Gasteiger partial charge in [0.15, 0.2) is 0 Å². The molecule has 7 nitrogen and oxygen atoms in total. The molecule has 3 aliphatic rings. The Hall–Kier alpha value is -2.41. The van der Waals surface area contributed by atoms with Gasteiger partial charge in [-0.15, -0.1) is 0 Å². The van der Waals surface area contributed by atoms with Crippen molar-refractivity contribution < 1.29 is 19.5 Å². The predicted molar refractivity (Wildman–Crippen MR) is 123 cm³/mol. The average Bonchev–Trinajstić information content (AvgIpc) is 3.03. The largest absolute Gasteiger partial charge is 0.483 e. The Labute approximate surface area is 191 Å². The molecule has 2 bridgehead atoms. The minimum Gasteiger partial charge on any atom is -0.483 e. The lowest BCUT2D eigenvalue weighted by molar-refractivity contribution is -0.145. The van der Waals surface area contributed by atoms with Crippen molar-refractivity contribution in [3.63, 3.8) is 0 Å². The lowest BCUT2D eigenvalue weighted by atomic mass is 9.86. The Balaban J connectivity index is 0.000000913. The lowest BCUT2D eigenvalue weighted by Gasteiger charge is -2.43. The second-order valence-corrected chi connectivity index (χ2v) is 10.0. The quantitative estimate of drug-likeness (QED) is 0.699. The number of likely N-dealkylation sites (N-methyl/N-ethyl adjacent to an activating group) is 1. The van der Waals surface area contributed by atoms with E-state index in [0.717, 1.165) is 45.1 Å². The van der Waals surface area contributed by atoms with Crippen molar-refractivity contribution in [3.05, 3.63) is 35.4 Å². The number of rotatable bonds is 4. The number of fused-ring (bicyclic) bond motifs is 3. The van der Waals surface area contributed by atoms with Gasteiger partial charge >= 0.3 is 0 Å². The molecule has 3 aliphatic heterocycles. The van der Waals surface area contributed by atoms with Crippen molar-refractivity contribution in [3.8, 4) is 0 Å². The molecule has 7 heteroatoms. The van der Waals surface area contributed by atoms with Gasteiger partial charge in [0.2, 0.25) is 11.8 Å². The summed E-state index contributed by atoms with van der Waals surface area (Å²) < 4.78 is 0. The fourth-order valence-electron chi connectivity index (χ4n) is 5.37. The second kappa shape index (κ2) is 10.0. The molecule has 1 aromatic rings. The Kier molecular flexibility index (Phi) is 7.59. The number of carboxylic acid groups (broad SMARTS) is 1. The van der Waals surface area contributed by atoms with Crippen LogP contribution in [0.25, 0.3) is 0 Å². The van der Waals surface area contributed by atoms with Crippen molar-refractivity contribution in [2.75, 3.05) is 7.05 Å². The third-order valence-corrected chi connectivity index (χ3v) is 7.56. The summed E-state index contributed by atoms with van der Waals surface area (Å²) in [5.74, 6) is 0.431. The number of nitrogens with zero attached hydrogens (tertiary/aromatic N) is 2. The van der Waals surface area contributed by atoms with E-state index in [0.29, 0.717) is 5.91 Å². The number of carbonyl (C=O) groups excluding carboxylic acids is 2. The average molecular weight is 444 g/mol. The first kappa shape index (κ1) is 24.2. The van der Waals surface area contributed by atoms with Crippen LogP contribution in [0, 0.1) is 5.41 Å². The summed E-state index contributed by atoms with van der Waals surface area (Å²) in [6, 6.07) is 9.05. The Morgan fingerprint density at radius 3 is 2.28 bits per heavy atom.